The molecule has 0 aliphatic rings. The van der Waals surface area contributed by atoms with Crippen LogP contribution >= 0.6 is 0 Å². The van der Waals surface area contributed by atoms with Gasteiger partial charge in [-0.05, 0) is 71.2 Å². The third-order valence-corrected chi connectivity index (χ3v) is 16.4. The predicted molar refractivity (Wildman–Crippen MR) is 227 cm³/mol. The molecule has 0 saturated heterocycles. The van der Waals surface area contributed by atoms with Crippen molar-refractivity contribution in [1.29, 1.82) is 0 Å². The Hall–Kier alpha value is -5.83. The third kappa shape index (κ3) is 9.30. The summed E-state index contributed by atoms with van der Waals surface area (Å²) in [4.78, 5) is 18.0. The number of rotatable bonds is 16. The van der Waals surface area contributed by atoms with Crippen LogP contribution in [0.5, 0.6) is 23.1 Å². The van der Waals surface area contributed by atoms with Crippen LogP contribution in [0.4, 0.5) is 0 Å². The SMILES string of the molecule is COc1ccc(COc2cnc3ccc(-c4cn(S(=O)(=O)Cc5ccccc5)c5ncnc(OCc6cncc(OCCO[Si](C)(C)C(C)(C)C)c6)c45)cc3c2)cc1. The largest absolute Gasteiger partial charge is 0.497 e. The van der Waals surface area contributed by atoms with Crippen molar-refractivity contribution in [1.82, 2.24) is 23.9 Å². The molecule has 0 spiro atoms. The van der Waals surface area contributed by atoms with E-state index < -0.39 is 18.3 Å². The van der Waals surface area contributed by atoms with Gasteiger partial charge in [0.25, 0.3) is 0 Å². The van der Waals surface area contributed by atoms with Crippen molar-refractivity contribution in [2.24, 2.45) is 0 Å². The molecular weight excluding hydrogens is 771 g/mol. The minimum absolute atomic E-state index is 0.0920. The maximum atomic E-state index is 14.1. The van der Waals surface area contributed by atoms with Crippen LogP contribution in [0.3, 0.4) is 0 Å². The number of benzene rings is 3. The molecule has 7 aromatic rings. The normalized spacial score (nSPS) is 12.2. The van der Waals surface area contributed by atoms with Crippen LogP contribution in [0.15, 0.2) is 116 Å². The number of aromatic nitrogens is 5. The quantitative estimate of drug-likeness (QED) is 0.0683. The summed E-state index contributed by atoms with van der Waals surface area (Å²) in [5.41, 5.74) is 4.61. The van der Waals surface area contributed by atoms with Gasteiger partial charge in [0.05, 0.1) is 42.8 Å². The standard InChI is InChI=1S/C44H47N5O7SSi/c1-44(2,3)58(5,6)56-19-18-53-37-20-33(23-45-24-37)28-55-43-41-39(26-49(42(41)47-30-48-43)57(50,51)29-32-10-8-7-9-11-32)34-14-17-40-35(21-34)22-38(25-46-40)54-27-31-12-15-36(52-4)16-13-31/h7-17,20-26,30H,18-19,27-29H2,1-6H3. The second-order valence-electron chi connectivity index (χ2n) is 15.4. The number of nitrogens with zero attached hydrogens (tertiary/aromatic N) is 5. The lowest BCUT2D eigenvalue weighted by Gasteiger charge is -2.36. The van der Waals surface area contributed by atoms with E-state index in [1.54, 1.807) is 44.0 Å². The molecule has 7 rings (SSSR count). The first-order chi connectivity index (χ1) is 27.8. The molecule has 14 heteroatoms. The molecule has 4 heterocycles. The molecule has 3 aromatic carbocycles. The highest BCUT2D eigenvalue weighted by atomic mass is 32.2. The zero-order chi connectivity index (χ0) is 40.9. The number of fused-ring (bicyclic) bond motifs is 2. The molecular formula is C44H47N5O7SSi. The first-order valence-corrected chi connectivity index (χ1v) is 23.4. The molecule has 4 aromatic heterocycles. The van der Waals surface area contributed by atoms with Crippen LogP contribution in [0.25, 0.3) is 33.1 Å². The van der Waals surface area contributed by atoms with Gasteiger partial charge in [0.1, 0.15) is 43.4 Å². The Labute approximate surface area is 340 Å². The van der Waals surface area contributed by atoms with E-state index in [-0.39, 0.29) is 28.9 Å². The van der Waals surface area contributed by atoms with E-state index in [0.717, 1.165) is 33.3 Å². The van der Waals surface area contributed by atoms with E-state index in [1.165, 1.54) is 10.3 Å². The summed E-state index contributed by atoms with van der Waals surface area (Å²) in [7, 11) is -4.21. The fraction of sp³-hybridized carbons (Fsp3) is 0.273. The first kappa shape index (κ1) is 40.4. The van der Waals surface area contributed by atoms with Gasteiger partial charge in [-0.1, -0.05) is 69.3 Å². The van der Waals surface area contributed by atoms with Gasteiger partial charge in [-0.25, -0.2) is 22.4 Å². The molecule has 0 saturated carbocycles. The third-order valence-electron chi connectivity index (χ3n) is 10.3. The van der Waals surface area contributed by atoms with Crippen molar-refractivity contribution in [2.75, 3.05) is 20.3 Å². The summed E-state index contributed by atoms with van der Waals surface area (Å²) in [6.45, 7) is 12.3. The summed E-state index contributed by atoms with van der Waals surface area (Å²) >= 11 is 0. The van der Waals surface area contributed by atoms with Gasteiger partial charge in [-0.2, -0.15) is 0 Å². The molecule has 0 N–H and O–H groups in total. The topological polar surface area (TPSA) is 137 Å². The smallest absolute Gasteiger partial charge is 0.244 e. The predicted octanol–water partition coefficient (Wildman–Crippen LogP) is 8.99. The van der Waals surface area contributed by atoms with Gasteiger partial charge in [-0.15, -0.1) is 0 Å². The van der Waals surface area contributed by atoms with E-state index >= 15 is 0 Å². The molecule has 0 bridgehead atoms. The summed E-state index contributed by atoms with van der Waals surface area (Å²) < 4.78 is 59.4. The average Bonchev–Trinajstić information content (AvgIpc) is 3.62. The second-order valence-corrected chi connectivity index (χ2v) is 22.1. The zero-order valence-corrected chi connectivity index (χ0v) is 35.3. The van der Waals surface area contributed by atoms with Crippen molar-refractivity contribution in [2.45, 2.75) is 57.9 Å². The number of methoxy groups -OCH3 is 1. The van der Waals surface area contributed by atoms with Crippen molar-refractivity contribution in [3.05, 3.63) is 133 Å². The van der Waals surface area contributed by atoms with Crippen molar-refractivity contribution in [3.63, 3.8) is 0 Å². The van der Waals surface area contributed by atoms with Gasteiger partial charge in [0, 0.05) is 28.9 Å². The lowest BCUT2D eigenvalue weighted by atomic mass is 10.0. The average molecular weight is 818 g/mol. The highest BCUT2D eigenvalue weighted by Gasteiger charge is 2.37. The molecule has 0 radical (unpaired) electrons. The molecule has 300 valence electrons. The highest BCUT2D eigenvalue weighted by molar-refractivity contribution is 7.89. The van der Waals surface area contributed by atoms with E-state index in [4.69, 9.17) is 23.4 Å². The van der Waals surface area contributed by atoms with E-state index in [0.29, 0.717) is 47.8 Å². The molecule has 0 fully saturated rings. The Morgan fingerprint density at radius 1 is 0.724 bits per heavy atom. The number of pyridine rings is 2. The number of hydrogen-bond acceptors (Lipinski definition) is 11. The molecule has 0 atom stereocenters. The van der Waals surface area contributed by atoms with Crippen LogP contribution in [-0.2, 0) is 33.4 Å². The van der Waals surface area contributed by atoms with Crippen LogP contribution in [0, 0.1) is 0 Å². The zero-order valence-electron chi connectivity index (χ0n) is 33.5. The molecule has 0 aliphatic heterocycles. The minimum Gasteiger partial charge on any atom is -0.497 e. The number of ether oxygens (including phenoxy) is 4. The monoisotopic (exact) mass is 817 g/mol. The van der Waals surface area contributed by atoms with E-state index in [2.05, 4.69) is 53.8 Å². The minimum atomic E-state index is -3.94. The molecule has 58 heavy (non-hydrogen) atoms. The second kappa shape index (κ2) is 16.9. The van der Waals surface area contributed by atoms with Crippen LogP contribution in [0.1, 0.15) is 37.5 Å². The fourth-order valence-electron chi connectivity index (χ4n) is 6.09. The lowest BCUT2D eigenvalue weighted by molar-refractivity contribution is 0.202. The van der Waals surface area contributed by atoms with Gasteiger partial charge in [0.2, 0.25) is 15.9 Å². The van der Waals surface area contributed by atoms with Crippen LogP contribution < -0.4 is 18.9 Å². The molecule has 0 aliphatic carbocycles. The summed E-state index contributed by atoms with van der Waals surface area (Å²) in [5, 5.41) is 1.35. The van der Waals surface area contributed by atoms with Crippen molar-refractivity contribution in [3.8, 4) is 34.3 Å². The van der Waals surface area contributed by atoms with Crippen molar-refractivity contribution >= 4 is 40.3 Å². The Bertz CT molecular complexity index is 2630. The molecule has 0 amide bonds. The Balaban J connectivity index is 1.18. The molecule has 0 unspecified atom stereocenters. The Morgan fingerprint density at radius 3 is 2.24 bits per heavy atom. The summed E-state index contributed by atoms with van der Waals surface area (Å²) in [6, 6.07) is 26.2. The first-order valence-electron chi connectivity index (χ1n) is 18.9. The summed E-state index contributed by atoms with van der Waals surface area (Å²) in [5.74, 6) is 1.93. The van der Waals surface area contributed by atoms with Gasteiger partial charge < -0.3 is 23.4 Å². The fourth-order valence-corrected chi connectivity index (χ4v) is 8.54. The van der Waals surface area contributed by atoms with Crippen LogP contribution in [-0.4, -0.2) is 61.0 Å². The Morgan fingerprint density at radius 2 is 1.48 bits per heavy atom. The van der Waals surface area contributed by atoms with Crippen LogP contribution in [0.2, 0.25) is 18.1 Å². The van der Waals surface area contributed by atoms with Gasteiger partial charge in [-0.3, -0.25) is 9.97 Å². The Kier molecular flexibility index (Phi) is 11.8. The lowest BCUT2D eigenvalue weighted by Crippen LogP contribution is -2.41. The number of hydrogen-bond donors (Lipinski definition) is 0. The van der Waals surface area contributed by atoms with E-state index in [9.17, 15) is 8.42 Å². The van der Waals surface area contributed by atoms with Gasteiger partial charge >= 0.3 is 0 Å². The van der Waals surface area contributed by atoms with Gasteiger partial charge in [0.15, 0.2) is 14.0 Å². The van der Waals surface area contributed by atoms with E-state index in [1.807, 2.05) is 72.8 Å². The summed E-state index contributed by atoms with van der Waals surface area (Å²) in [6.07, 6.45) is 7.93. The highest BCUT2D eigenvalue weighted by Crippen LogP contribution is 2.38. The maximum Gasteiger partial charge on any atom is 0.244 e. The van der Waals surface area contributed by atoms with Crippen molar-refractivity contribution < 1.29 is 31.8 Å². The molecule has 12 nitrogen and oxygen atoms in total. The maximum absolute atomic E-state index is 14.1.